The third-order valence-electron chi connectivity index (χ3n) is 5.67. The van der Waals surface area contributed by atoms with Crippen molar-refractivity contribution in [1.82, 2.24) is 8.69 Å². The van der Waals surface area contributed by atoms with Crippen LogP contribution in [0.5, 0.6) is 5.75 Å². The average molecular weight is 545 g/mol. The minimum absolute atomic E-state index is 0.0865. The number of para-hydroxylation sites is 1. The Bertz CT molecular complexity index is 1530. The number of hydrogen-bond acceptors (Lipinski definition) is 5. The van der Waals surface area contributed by atoms with Crippen LogP contribution < -0.4 is 9.46 Å². The Labute approximate surface area is 218 Å². The Kier molecular flexibility index (Phi) is 7.84. The Hall–Kier alpha value is -3.05. The number of methoxy groups -OCH3 is 1. The molecular formula is C27H29FN2O5S2. The van der Waals surface area contributed by atoms with E-state index < -0.39 is 37.6 Å². The largest absolute Gasteiger partial charge is 0.467 e. The van der Waals surface area contributed by atoms with Gasteiger partial charge >= 0.3 is 0 Å². The molecule has 0 aliphatic rings. The van der Waals surface area contributed by atoms with Crippen LogP contribution in [0.3, 0.4) is 0 Å². The van der Waals surface area contributed by atoms with E-state index in [-0.39, 0.29) is 28.7 Å². The van der Waals surface area contributed by atoms with Crippen LogP contribution in [0.15, 0.2) is 83.8 Å². The van der Waals surface area contributed by atoms with Crippen molar-refractivity contribution in [3.8, 4) is 5.75 Å². The molecule has 0 aliphatic carbocycles. The molecule has 37 heavy (non-hydrogen) atoms. The summed E-state index contributed by atoms with van der Waals surface area (Å²) in [5.41, 5.74) is 0.975. The molecule has 0 spiro atoms. The van der Waals surface area contributed by atoms with Crippen LogP contribution in [0.2, 0.25) is 0 Å². The minimum atomic E-state index is -4.10. The Morgan fingerprint density at radius 3 is 2.35 bits per heavy atom. The molecule has 4 aromatic rings. The molecule has 3 aromatic carbocycles. The van der Waals surface area contributed by atoms with E-state index in [2.05, 4.69) is 4.72 Å². The van der Waals surface area contributed by atoms with Crippen LogP contribution >= 0.6 is 0 Å². The van der Waals surface area contributed by atoms with E-state index in [0.29, 0.717) is 10.9 Å². The van der Waals surface area contributed by atoms with Crippen molar-refractivity contribution in [3.63, 3.8) is 0 Å². The molecular weight excluding hydrogens is 515 g/mol. The van der Waals surface area contributed by atoms with E-state index in [9.17, 15) is 17.0 Å². The first kappa shape index (κ1) is 27.0. The molecule has 0 fully saturated rings. The molecule has 0 saturated heterocycles. The summed E-state index contributed by atoms with van der Waals surface area (Å²) < 4.78 is 70.3. The summed E-state index contributed by atoms with van der Waals surface area (Å²) >= 11 is 0. The zero-order chi connectivity index (χ0) is 26.8. The van der Waals surface area contributed by atoms with Crippen molar-refractivity contribution in [2.45, 2.75) is 36.5 Å². The van der Waals surface area contributed by atoms with E-state index >= 15 is 0 Å². The maximum atomic E-state index is 14.6. The van der Waals surface area contributed by atoms with Gasteiger partial charge in [0.15, 0.2) is 6.79 Å². The number of aromatic nitrogens is 1. The highest BCUT2D eigenvalue weighted by Crippen LogP contribution is 2.37. The van der Waals surface area contributed by atoms with Crippen molar-refractivity contribution < 1.29 is 26.5 Å². The molecule has 4 rings (SSSR count). The van der Waals surface area contributed by atoms with Crippen molar-refractivity contribution in [3.05, 3.63) is 95.9 Å². The van der Waals surface area contributed by atoms with Crippen LogP contribution in [0.4, 0.5) is 4.39 Å². The van der Waals surface area contributed by atoms with Crippen LogP contribution in [0.1, 0.15) is 38.1 Å². The van der Waals surface area contributed by atoms with Crippen molar-refractivity contribution in [2.24, 2.45) is 0 Å². The first-order chi connectivity index (χ1) is 17.5. The zero-order valence-electron chi connectivity index (χ0n) is 21.0. The summed E-state index contributed by atoms with van der Waals surface area (Å²) in [5.74, 6) is -0.290. The van der Waals surface area contributed by atoms with Gasteiger partial charge in [-0.3, -0.25) is 0 Å². The molecule has 1 N–H and O–H groups in total. The standard InChI is InChI=1S/C27H29FN2O5S2/c1-27(2,3)36(31)29-26(22-17-20(28)14-15-25(22)35-18-34-4)24-16-19-10-8-9-13-23(19)30(24)37(32,33)21-11-6-5-7-12-21/h5-17,26,29H,18H2,1-4H3/t26-,36+/m1/s1. The van der Waals surface area contributed by atoms with Crippen molar-refractivity contribution in [2.75, 3.05) is 13.9 Å². The van der Waals surface area contributed by atoms with Gasteiger partial charge in [0.2, 0.25) is 0 Å². The second-order valence-corrected chi connectivity index (χ2v) is 13.2. The topological polar surface area (TPSA) is 86.6 Å². The van der Waals surface area contributed by atoms with Gasteiger partial charge in [0.05, 0.1) is 37.9 Å². The number of hydrogen-bond donors (Lipinski definition) is 1. The molecule has 196 valence electrons. The lowest BCUT2D eigenvalue weighted by Gasteiger charge is -2.27. The van der Waals surface area contributed by atoms with Gasteiger partial charge in [-0.15, -0.1) is 0 Å². The molecule has 1 aromatic heterocycles. The second-order valence-electron chi connectivity index (χ2n) is 9.38. The number of halogens is 1. The molecule has 10 heteroatoms. The molecule has 7 nitrogen and oxygen atoms in total. The van der Waals surface area contributed by atoms with Gasteiger partial charge in [-0.2, -0.15) is 0 Å². The van der Waals surface area contributed by atoms with Crippen LogP contribution in [0, 0.1) is 5.82 Å². The van der Waals surface area contributed by atoms with E-state index in [1.165, 1.54) is 41.4 Å². The SMILES string of the molecule is COCOc1ccc(F)cc1[C@@H](N[S@@](=O)C(C)(C)C)c1cc2ccccc2n1S(=O)(=O)c1ccccc1. The third kappa shape index (κ3) is 5.62. The van der Waals surface area contributed by atoms with E-state index in [1.54, 1.807) is 69.3 Å². The van der Waals surface area contributed by atoms with Crippen molar-refractivity contribution >= 4 is 31.9 Å². The molecule has 0 aliphatic heterocycles. The summed E-state index contributed by atoms with van der Waals surface area (Å²) in [6.07, 6.45) is 0. The lowest BCUT2D eigenvalue weighted by molar-refractivity contribution is 0.0501. The van der Waals surface area contributed by atoms with Gasteiger partial charge < -0.3 is 9.47 Å². The van der Waals surface area contributed by atoms with Crippen LogP contribution in [-0.4, -0.2) is 35.2 Å². The van der Waals surface area contributed by atoms with Crippen LogP contribution in [0.25, 0.3) is 10.9 Å². The number of rotatable bonds is 9. The maximum absolute atomic E-state index is 14.6. The van der Waals surface area contributed by atoms with Gasteiger partial charge in [-0.1, -0.05) is 36.4 Å². The summed E-state index contributed by atoms with van der Waals surface area (Å²) in [4.78, 5) is 0.0865. The molecule has 0 bridgehead atoms. The van der Waals surface area contributed by atoms with E-state index in [4.69, 9.17) is 9.47 Å². The monoisotopic (exact) mass is 544 g/mol. The number of ether oxygens (including phenoxy) is 2. The third-order valence-corrected chi connectivity index (χ3v) is 8.99. The second kappa shape index (κ2) is 10.7. The lowest BCUT2D eigenvalue weighted by Crippen LogP contribution is -2.37. The zero-order valence-corrected chi connectivity index (χ0v) is 22.6. The number of nitrogens with zero attached hydrogens (tertiary/aromatic N) is 1. The Balaban J connectivity index is 2.03. The summed E-state index contributed by atoms with van der Waals surface area (Å²) in [6, 6.07) is 19.7. The van der Waals surface area contributed by atoms with Gasteiger partial charge in [-0.25, -0.2) is 25.7 Å². The smallest absolute Gasteiger partial charge is 0.268 e. The van der Waals surface area contributed by atoms with Gasteiger partial charge in [0.1, 0.15) is 11.6 Å². The fourth-order valence-electron chi connectivity index (χ4n) is 3.88. The van der Waals surface area contributed by atoms with Gasteiger partial charge in [0.25, 0.3) is 10.0 Å². The minimum Gasteiger partial charge on any atom is -0.467 e. The molecule has 0 saturated carbocycles. The highest BCUT2D eigenvalue weighted by Gasteiger charge is 2.33. The Morgan fingerprint density at radius 1 is 1.00 bits per heavy atom. The van der Waals surface area contributed by atoms with Gasteiger partial charge in [0, 0.05) is 18.1 Å². The normalized spacial score (nSPS) is 14.0. The molecule has 0 radical (unpaired) electrons. The average Bonchev–Trinajstić information content (AvgIpc) is 3.26. The first-order valence-corrected chi connectivity index (χ1v) is 14.1. The predicted molar refractivity (Wildman–Crippen MR) is 143 cm³/mol. The molecule has 0 amide bonds. The quantitative estimate of drug-likeness (QED) is 0.295. The van der Waals surface area contributed by atoms with E-state index in [1.807, 2.05) is 0 Å². The highest BCUT2D eigenvalue weighted by molar-refractivity contribution is 7.90. The Morgan fingerprint density at radius 2 is 1.68 bits per heavy atom. The summed E-state index contributed by atoms with van der Waals surface area (Å²) in [5, 5.41) is 0.654. The van der Waals surface area contributed by atoms with Gasteiger partial charge in [-0.05, 0) is 63.2 Å². The molecule has 2 atom stereocenters. The summed E-state index contributed by atoms with van der Waals surface area (Å²) in [6.45, 7) is 5.25. The van der Waals surface area contributed by atoms with Crippen molar-refractivity contribution in [1.29, 1.82) is 0 Å². The highest BCUT2D eigenvalue weighted by atomic mass is 32.2. The maximum Gasteiger partial charge on any atom is 0.268 e. The molecule has 1 heterocycles. The number of fused-ring (bicyclic) bond motifs is 1. The van der Waals surface area contributed by atoms with Crippen LogP contribution in [-0.2, 0) is 25.7 Å². The lowest BCUT2D eigenvalue weighted by atomic mass is 10.0. The fraction of sp³-hybridized carbons (Fsp3) is 0.259. The van der Waals surface area contributed by atoms with E-state index in [0.717, 1.165) is 0 Å². The fourth-order valence-corrected chi connectivity index (χ4v) is 6.27. The molecule has 0 unspecified atom stereocenters. The summed E-state index contributed by atoms with van der Waals surface area (Å²) in [7, 11) is -4.30. The number of benzene rings is 3. The predicted octanol–water partition coefficient (Wildman–Crippen LogP) is 5.14. The number of nitrogens with one attached hydrogen (secondary N) is 1. The first-order valence-electron chi connectivity index (χ1n) is 11.5.